The Kier molecular flexibility index (Phi) is 5.22. The average molecular weight is 619 g/mol. The number of rotatable bonds is 5. The fourth-order valence-electron chi connectivity index (χ4n) is 6.12. The third-order valence-electron chi connectivity index (χ3n) is 8.56. The zero-order valence-corrected chi connectivity index (χ0v) is 25.5. The first-order valence-corrected chi connectivity index (χ1v) is 15.6. The lowest BCUT2D eigenvalue weighted by molar-refractivity contribution is 1.08. The van der Waals surface area contributed by atoms with E-state index in [1.165, 1.54) is 10.8 Å². The van der Waals surface area contributed by atoms with Gasteiger partial charge >= 0.3 is 0 Å². The summed E-state index contributed by atoms with van der Waals surface area (Å²) in [7, 11) is 0. The molecule has 0 spiro atoms. The van der Waals surface area contributed by atoms with E-state index in [4.69, 9.17) is 23.2 Å². The Morgan fingerprint density at radius 2 is 0.958 bits per heavy atom. The van der Waals surface area contributed by atoms with Crippen molar-refractivity contribution in [1.29, 1.82) is 0 Å². The minimum absolute atomic E-state index is 0.0455. The molecule has 0 N–H and O–H groups in total. The first-order valence-electron chi connectivity index (χ1n) is 19.1. The van der Waals surface area contributed by atoms with Gasteiger partial charge in [-0.25, -0.2) is 15.0 Å². The van der Waals surface area contributed by atoms with Crippen LogP contribution in [0.4, 0.5) is 0 Å². The van der Waals surface area contributed by atoms with Crippen LogP contribution in [0.2, 0.25) is 0 Å². The van der Waals surface area contributed by atoms with Crippen LogP contribution in [0.5, 0.6) is 0 Å². The van der Waals surface area contributed by atoms with Crippen LogP contribution in [-0.4, -0.2) is 15.0 Å². The maximum absolute atomic E-state index is 9.20. The van der Waals surface area contributed by atoms with Gasteiger partial charge in [0, 0.05) is 16.7 Å². The third-order valence-corrected chi connectivity index (χ3v) is 8.56. The highest BCUT2D eigenvalue weighted by molar-refractivity contribution is 5.97. The van der Waals surface area contributed by atoms with Crippen LogP contribution < -0.4 is 0 Å². The molecular weight excluding hydrogens is 583 g/mol. The molecule has 48 heavy (non-hydrogen) atoms. The van der Waals surface area contributed by atoms with E-state index in [2.05, 4.69) is 54.6 Å². The average Bonchev–Trinajstić information content (AvgIpc) is 3.23. The molecule has 3 nitrogen and oxygen atoms in total. The van der Waals surface area contributed by atoms with Gasteiger partial charge in [-0.3, -0.25) is 0 Å². The van der Waals surface area contributed by atoms with Crippen molar-refractivity contribution in [2.45, 2.75) is 0 Å². The Morgan fingerprint density at radius 3 is 1.79 bits per heavy atom. The first-order chi connectivity index (χ1) is 26.7. The summed E-state index contributed by atoms with van der Waals surface area (Å²) in [6, 6.07) is 41.4. The van der Waals surface area contributed by atoms with Gasteiger partial charge in [-0.15, -0.1) is 0 Å². The summed E-state index contributed by atoms with van der Waals surface area (Å²) in [6.45, 7) is 0. The maximum atomic E-state index is 9.20. The molecule has 0 saturated carbocycles. The molecule has 1 aromatic heterocycles. The number of benzene rings is 8. The highest BCUT2D eigenvalue weighted by Crippen LogP contribution is 2.33. The van der Waals surface area contributed by atoms with Crippen LogP contribution in [-0.2, 0) is 0 Å². The van der Waals surface area contributed by atoms with Crippen molar-refractivity contribution >= 4 is 32.3 Å². The monoisotopic (exact) mass is 618 g/mol. The normalized spacial score (nSPS) is 13.4. The molecular formula is C45H29N3. The molecule has 0 amide bonds. The lowest BCUT2D eigenvalue weighted by Gasteiger charge is -2.11. The van der Waals surface area contributed by atoms with Gasteiger partial charge in [-0.05, 0) is 72.7 Å². The van der Waals surface area contributed by atoms with Gasteiger partial charge < -0.3 is 0 Å². The quantitative estimate of drug-likeness (QED) is 0.193. The van der Waals surface area contributed by atoms with Gasteiger partial charge in [0.2, 0.25) is 0 Å². The Labute approximate surface area is 288 Å². The second kappa shape index (κ2) is 11.7. The fourth-order valence-corrected chi connectivity index (χ4v) is 6.12. The van der Waals surface area contributed by atoms with Crippen molar-refractivity contribution in [1.82, 2.24) is 15.0 Å². The molecule has 8 aromatic carbocycles. The summed E-state index contributed by atoms with van der Waals surface area (Å²) in [4.78, 5) is 14.5. The molecule has 0 aliphatic rings. The molecule has 9 aromatic rings. The predicted octanol–water partition coefficient (Wildman–Crippen LogP) is 11.7. The second-order valence-electron chi connectivity index (χ2n) is 11.6. The molecule has 0 aliphatic carbocycles. The van der Waals surface area contributed by atoms with Crippen LogP contribution in [0.1, 0.15) is 9.60 Å². The van der Waals surface area contributed by atoms with Crippen molar-refractivity contribution in [3.05, 3.63) is 176 Å². The minimum atomic E-state index is -0.526. The fraction of sp³-hybridized carbons (Fsp3) is 0. The third kappa shape index (κ3) is 5.18. The number of hydrogen-bond acceptors (Lipinski definition) is 3. The summed E-state index contributed by atoms with van der Waals surface area (Å²) < 4.78 is 60.6. The SMILES string of the molecule is [2H]c1c([2H])c([2H])c2c([2H])c(-c3nc(-c4cccc(-c5ccc(-c6cccc7ccccc67)cc5)c4)nc(-c4ccc5ccccc5c4)n3)c([2H])c([2H])c2c1[2H]. The highest BCUT2D eigenvalue weighted by atomic mass is 15.0. The van der Waals surface area contributed by atoms with Gasteiger partial charge in [0.25, 0.3) is 0 Å². The molecule has 0 unspecified atom stereocenters. The van der Waals surface area contributed by atoms with E-state index in [1.807, 2.05) is 78.9 Å². The molecule has 1 heterocycles. The maximum Gasteiger partial charge on any atom is 0.164 e. The summed E-state index contributed by atoms with van der Waals surface area (Å²) >= 11 is 0. The van der Waals surface area contributed by atoms with Gasteiger partial charge in [0.15, 0.2) is 17.5 Å². The van der Waals surface area contributed by atoms with E-state index in [9.17, 15) is 1.37 Å². The van der Waals surface area contributed by atoms with Crippen LogP contribution in [0.25, 0.3) is 88.7 Å². The van der Waals surface area contributed by atoms with Gasteiger partial charge in [0.05, 0.1) is 9.60 Å². The molecule has 0 aliphatic heterocycles. The number of nitrogens with zero attached hydrogens (tertiary/aromatic N) is 3. The van der Waals surface area contributed by atoms with Crippen molar-refractivity contribution in [3.63, 3.8) is 0 Å². The predicted molar refractivity (Wildman–Crippen MR) is 200 cm³/mol. The van der Waals surface area contributed by atoms with E-state index in [1.54, 1.807) is 0 Å². The van der Waals surface area contributed by atoms with Crippen molar-refractivity contribution in [2.24, 2.45) is 0 Å². The molecule has 0 bridgehead atoms. The smallest absolute Gasteiger partial charge is 0.164 e. The second-order valence-corrected chi connectivity index (χ2v) is 11.6. The molecule has 0 fully saturated rings. The Morgan fingerprint density at radius 1 is 0.354 bits per heavy atom. The Hall–Kier alpha value is -6.45. The zero-order valence-electron chi connectivity index (χ0n) is 32.5. The van der Waals surface area contributed by atoms with Gasteiger partial charge in [-0.1, -0.05) is 158 Å². The molecule has 0 atom stereocenters. The molecule has 0 saturated heterocycles. The summed E-state index contributed by atoms with van der Waals surface area (Å²) in [6.07, 6.45) is 0. The Balaban J connectivity index is 1.21. The van der Waals surface area contributed by atoms with Crippen LogP contribution >= 0.6 is 0 Å². The van der Waals surface area contributed by atoms with Gasteiger partial charge in [0.1, 0.15) is 0 Å². The number of fused-ring (bicyclic) bond motifs is 3. The summed E-state index contributed by atoms with van der Waals surface area (Å²) in [5.74, 6) is 0.523. The zero-order chi connectivity index (χ0) is 38.0. The van der Waals surface area contributed by atoms with E-state index in [0.717, 1.165) is 33.0 Å². The molecule has 9 rings (SSSR count). The lowest BCUT2D eigenvalue weighted by Crippen LogP contribution is -2.00. The number of hydrogen-bond donors (Lipinski definition) is 0. The van der Waals surface area contributed by atoms with E-state index < -0.39 is 36.3 Å². The van der Waals surface area contributed by atoms with Crippen LogP contribution in [0.3, 0.4) is 0 Å². The standard InChI is InChI=1S/C45H29N3/c1-3-12-35-28-39(25-21-30(35)9-1)44-46-43(47-45(48-44)40-26-22-31-10-2-4-13-36(31)29-40)38-16-7-15-37(27-38)32-19-23-34(24-20-32)42-18-8-14-33-11-5-6-17-41(33)42/h1-29H/i1D,3D,9D,12D,21D,25D,28D. The van der Waals surface area contributed by atoms with Crippen molar-refractivity contribution in [2.75, 3.05) is 0 Å². The lowest BCUT2D eigenvalue weighted by atomic mass is 9.96. The topological polar surface area (TPSA) is 38.7 Å². The van der Waals surface area contributed by atoms with Crippen LogP contribution in [0.15, 0.2) is 176 Å². The van der Waals surface area contributed by atoms with Crippen molar-refractivity contribution < 1.29 is 9.60 Å². The number of aromatic nitrogens is 3. The largest absolute Gasteiger partial charge is 0.208 e. The van der Waals surface area contributed by atoms with Crippen LogP contribution in [0, 0.1) is 0 Å². The minimum Gasteiger partial charge on any atom is -0.208 e. The first kappa shape index (κ1) is 21.4. The summed E-state index contributed by atoms with van der Waals surface area (Å²) in [5.41, 5.74) is 5.38. The molecule has 0 radical (unpaired) electrons. The van der Waals surface area contributed by atoms with Gasteiger partial charge in [-0.2, -0.15) is 0 Å². The summed E-state index contributed by atoms with van der Waals surface area (Å²) in [5, 5.41) is 4.01. The van der Waals surface area contributed by atoms with E-state index in [0.29, 0.717) is 11.1 Å². The molecule has 3 heteroatoms. The van der Waals surface area contributed by atoms with E-state index in [-0.39, 0.29) is 39.9 Å². The van der Waals surface area contributed by atoms with E-state index >= 15 is 0 Å². The van der Waals surface area contributed by atoms with Crippen molar-refractivity contribution in [3.8, 4) is 56.4 Å². The molecule has 224 valence electrons. The highest BCUT2D eigenvalue weighted by Gasteiger charge is 2.14. The Bertz CT molecular complexity index is 3010.